The zero-order chi connectivity index (χ0) is 14.6. The van der Waals surface area contributed by atoms with Crippen LogP contribution in [0.3, 0.4) is 0 Å². The summed E-state index contributed by atoms with van der Waals surface area (Å²) >= 11 is 0. The summed E-state index contributed by atoms with van der Waals surface area (Å²) in [6.07, 6.45) is 0.703. The van der Waals surface area contributed by atoms with Crippen LogP contribution in [0.2, 0.25) is 0 Å². The number of rotatable bonds is 5. The Kier molecular flexibility index (Phi) is 4.57. The monoisotopic (exact) mass is 289 g/mol. The molecule has 2 rings (SSSR count). The van der Waals surface area contributed by atoms with Gasteiger partial charge >= 0.3 is 0 Å². The van der Waals surface area contributed by atoms with E-state index in [1.807, 2.05) is 38.1 Å². The van der Waals surface area contributed by atoms with Crippen LogP contribution in [-0.4, -0.2) is 8.42 Å². The number of aryl methyl sites for hydroxylation is 1. The Morgan fingerprint density at radius 3 is 2.15 bits per heavy atom. The van der Waals surface area contributed by atoms with E-state index in [2.05, 4.69) is 4.72 Å². The lowest BCUT2D eigenvalue weighted by atomic mass is 10.0. The molecular formula is C16H19NO2S. The molecule has 1 atom stereocenters. The molecule has 0 aliphatic carbocycles. The van der Waals surface area contributed by atoms with E-state index in [0.29, 0.717) is 11.3 Å². The SMILES string of the molecule is CC[C@H](NS(=O)(=O)c1ccccc1)c1ccc(C)cc1. The van der Waals surface area contributed by atoms with Gasteiger partial charge in [-0.2, -0.15) is 0 Å². The fraction of sp³-hybridized carbons (Fsp3) is 0.250. The predicted octanol–water partition coefficient (Wildman–Crippen LogP) is 3.42. The quantitative estimate of drug-likeness (QED) is 0.916. The third-order valence-corrected chi connectivity index (χ3v) is 4.73. The Morgan fingerprint density at radius 1 is 1.00 bits per heavy atom. The van der Waals surface area contributed by atoms with E-state index < -0.39 is 10.0 Å². The Morgan fingerprint density at radius 2 is 1.60 bits per heavy atom. The molecule has 0 aliphatic heterocycles. The molecule has 3 nitrogen and oxygen atoms in total. The van der Waals surface area contributed by atoms with Gasteiger partial charge < -0.3 is 0 Å². The average molecular weight is 289 g/mol. The lowest BCUT2D eigenvalue weighted by Gasteiger charge is -2.17. The fourth-order valence-electron chi connectivity index (χ4n) is 2.04. The molecule has 0 aliphatic rings. The summed E-state index contributed by atoms with van der Waals surface area (Å²) in [7, 11) is -3.48. The molecule has 0 heterocycles. The number of hydrogen-bond acceptors (Lipinski definition) is 2. The number of sulfonamides is 1. The first kappa shape index (κ1) is 14.8. The Bertz CT molecular complexity index is 649. The maximum Gasteiger partial charge on any atom is 0.241 e. The van der Waals surface area contributed by atoms with Crippen molar-refractivity contribution in [2.75, 3.05) is 0 Å². The van der Waals surface area contributed by atoms with Crippen molar-refractivity contribution in [2.24, 2.45) is 0 Å². The second kappa shape index (κ2) is 6.20. The maximum atomic E-state index is 12.3. The minimum atomic E-state index is -3.48. The summed E-state index contributed by atoms with van der Waals surface area (Å²) in [4.78, 5) is 0.297. The van der Waals surface area contributed by atoms with Crippen molar-refractivity contribution in [1.82, 2.24) is 4.72 Å². The normalized spacial score (nSPS) is 13.1. The molecule has 106 valence electrons. The molecule has 0 unspecified atom stereocenters. The van der Waals surface area contributed by atoms with Crippen LogP contribution in [0.15, 0.2) is 59.5 Å². The maximum absolute atomic E-state index is 12.3. The van der Waals surface area contributed by atoms with Gasteiger partial charge in [0, 0.05) is 6.04 Å². The molecule has 0 saturated carbocycles. The van der Waals surface area contributed by atoms with Crippen molar-refractivity contribution >= 4 is 10.0 Å². The predicted molar refractivity (Wildman–Crippen MR) is 81.0 cm³/mol. The van der Waals surface area contributed by atoms with Crippen molar-refractivity contribution in [2.45, 2.75) is 31.2 Å². The molecule has 0 fully saturated rings. The van der Waals surface area contributed by atoms with E-state index in [9.17, 15) is 8.42 Å². The molecule has 0 spiro atoms. The van der Waals surface area contributed by atoms with Crippen LogP contribution < -0.4 is 4.72 Å². The van der Waals surface area contributed by atoms with Crippen molar-refractivity contribution in [3.8, 4) is 0 Å². The number of benzene rings is 2. The summed E-state index contributed by atoms with van der Waals surface area (Å²) in [5.41, 5.74) is 2.15. The van der Waals surface area contributed by atoms with E-state index in [1.165, 1.54) is 0 Å². The van der Waals surface area contributed by atoms with Crippen molar-refractivity contribution < 1.29 is 8.42 Å². The highest BCUT2D eigenvalue weighted by Gasteiger charge is 2.19. The lowest BCUT2D eigenvalue weighted by molar-refractivity contribution is 0.550. The van der Waals surface area contributed by atoms with Crippen LogP contribution in [-0.2, 0) is 10.0 Å². The van der Waals surface area contributed by atoms with E-state index in [-0.39, 0.29) is 6.04 Å². The molecule has 4 heteroatoms. The highest BCUT2D eigenvalue weighted by molar-refractivity contribution is 7.89. The number of hydrogen-bond donors (Lipinski definition) is 1. The Labute approximate surface area is 120 Å². The molecule has 0 radical (unpaired) electrons. The van der Waals surface area contributed by atoms with E-state index >= 15 is 0 Å². The van der Waals surface area contributed by atoms with Gasteiger partial charge in [-0.1, -0.05) is 55.0 Å². The molecule has 0 bridgehead atoms. The van der Waals surface area contributed by atoms with Gasteiger partial charge in [-0.3, -0.25) is 0 Å². The molecular weight excluding hydrogens is 270 g/mol. The summed E-state index contributed by atoms with van der Waals surface area (Å²) in [5, 5.41) is 0. The van der Waals surface area contributed by atoms with Crippen LogP contribution in [0.25, 0.3) is 0 Å². The third-order valence-electron chi connectivity index (χ3n) is 3.24. The Hall–Kier alpha value is -1.65. The van der Waals surface area contributed by atoms with E-state index in [0.717, 1.165) is 11.1 Å². The van der Waals surface area contributed by atoms with Crippen LogP contribution in [0, 0.1) is 6.92 Å². The van der Waals surface area contributed by atoms with Crippen molar-refractivity contribution in [3.63, 3.8) is 0 Å². The van der Waals surface area contributed by atoms with Gasteiger partial charge in [-0.05, 0) is 31.0 Å². The van der Waals surface area contributed by atoms with Gasteiger partial charge in [0.1, 0.15) is 0 Å². The summed E-state index contributed by atoms with van der Waals surface area (Å²) in [5.74, 6) is 0. The zero-order valence-electron chi connectivity index (χ0n) is 11.7. The average Bonchev–Trinajstić information content (AvgIpc) is 2.47. The van der Waals surface area contributed by atoms with Crippen molar-refractivity contribution in [1.29, 1.82) is 0 Å². The molecule has 1 N–H and O–H groups in total. The van der Waals surface area contributed by atoms with Crippen LogP contribution in [0.5, 0.6) is 0 Å². The summed E-state index contributed by atoms with van der Waals surface area (Å²) in [6.45, 7) is 3.98. The first-order valence-electron chi connectivity index (χ1n) is 6.67. The topological polar surface area (TPSA) is 46.2 Å². The van der Waals surface area contributed by atoms with E-state index in [4.69, 9.17) is 0 Å². The largest absolute Gasteiger partial charge is 0.241 e. The highest BCUT2D eigenvalue weighted by Crippen LogP contribution is 2.20. The van der Waals surface area contributed by atoms with Gasteiger partial charge in [-0.15, -0.1) is 0 Å². The van der Waals surface area contributed by atoms with Gasteiger partial charge in [0.15, 0.2) is 0 Å². The zero-order valence-corrected chi connectivity index (χ0v) is 12.5. The fourth-order valence-corrected chi connectivity index (χ4v) is 3.37. The standard InChI is InChI=1S/C16H19NO2S/c1-3-16(14-11-9-13(2)10-12-14)17-20(18,19)15-7-5-4-6-8-15/h4-12,16-17H,3H2,1-2H3/t16-/m0/s1. The van der Waals surface area contributed by atoms with Gasteiger partial charge in [0.05, 0.1) is 4.90 Å². The minimum absolute atomic E-state index is 0.208. The lowest BCUT2D eigenvalue weighted by Crippen LogP contribution is -2.28. The molecule has 0 saturated heterocycles. The van der Waals surface area contributed by atoms with Crippen LogP contribution in [0.1, 0.15) is 30.5 Å². The Balaban J connectivity index is 2.24. The third kappa shape index (κ3) is 3.46. The highest BCUT2D eigenvalue weighted by atomic mass is 32.2. The second-order valence-electron chi connectivity index (χ2n) is 4.81. The molecule has 0 aromatic heterocycles. The van der Waals surface area contributed by atoms with Crippen molar-refractivity contribution in [3.05, 3.63) is 65.7 Å². The molecule has 2 aromatic rings. The smallest absolute Gasteiger partial charge is 0.207 e. The number of nitrogens with one attached hydrogen (secondary N) is 1. The first-order chi connectivity index (χ1) is 9.53. The van der Waals surface area contributed by atoms with Crippen LogP contribution >= 0.6 is 0 Å². The van der Waals surface area contributed by atoms with Crippen LogP contribution in [0.4, 0.5) is 0 Å². The summed E-state index contributed by atoms with van der Waals surface area (Å²) in [6, 6.07) is 16.2. The molecule has 2 aromatic carbocycles. The van der Waals surface area contributed by atoms with Gasteiger partial charge in [-0.25, -0.2) is 13.1 Å². The van der Waals surface area contributed by atoms with Gasteiger partial charge in [0.2, 0.25) is 10.0 Å². The first-order valence-corrected chi connectivity index (χ1v) is 8.15. The molecule has 0 amide bonds. The van der Waals surface area contributed by atoms with Gasteiger partial charge in [0.25, 0.3) is 0 Å². The second-order valence-corrected chi connectivity index (χ2v) is 6.52. The molecule has 20 heavy (non-hydrogen) atoms. The minimum Gasteiger partial charge on any atom is -0.207 e. The van der Waals surface area contributed by atoms with E-state index in [1.54, 1.807) is 30.3 Å². The summed E-state index contributed by atoms with van der Waals surface area (Å²) < 4.78 is 27.4.